The van der Waals surface area contributed by atoms with E-state index in [-0.39, 0.29) is 0 Å². The second kappa shape index (κ2) is 5.87. The molecule has 0 nitrogen and oxygen atoms in total. The zero-order valence-corrected chi connectivity index (χ0v) is 8.94. The molecular formula is C12H16S. The fraction of sp³-hybridized carbons (Fsp3) is 0.333. The minimum Gasteiger partial charge on any atom is -0.126 e. The van der Waals surface area contributed by atoms with E-state index < -0.39 is 0 Å². The topological polar surface area (TPSA) is 0 Å². The summed E-state index contributed by atoms with van der Waals surface area (Å²) in [7, 11) is 0. The molecule has 1 aromatic carbocycles. The van der Waals surface area contributed by atoms with Crippen LogP contribution >= 0.6 is 11.8 Å². The zero-order valence-electron chi connectivity index (χ0n) is 8.12. The number of allylic oxidation sites excluding steroid dienone is 1. The molecule has 0 radical (unpaired) electrons. The van der Waals surface area contributed by atoms with Gasteiger partial charge in [-0.15, -0.1) is 18.3 Å². The summed E-state index contributed by atoms with van der Waals surface area (Å²) in [5, 5.41) is 0. The first-order valence-corrected chi connectivity index (χ1v) is 5.68. The largest absolute Gasteiger partial charge is 0.126 e. The highest BCUT2D eigenvalue weighted by Crippen LogP contribution is 2.23. The predicted molar refractivity (Wildman–Crippen MR) is 61.4 cm³/mol. The number of hydrogen-bond donors (Lipinski definition) is 0. The van der Waals surface area contributed by atoms with Gasteiger partial charge >= 0.3 is 0 Å². The van der Waals surface area contributed by atoms with Gasteiger partial charge in [0.2, 0.25) is 0 Å². The van der Waals surface area contributed by atoms with Crippen LogP contribution in [0.5, 0.6) is 0 Å². The van der Waals surface area contributed by atoms with Crippen molar-refractivity contribution in [3.63, 3.8) is 0 Å². The van der Waals surface area contributed by atoms with Gasteiger partial charge in [-0.1, -0.05) is 31.2 Å². The SMILES string of the molecule is C=CCc1ccccc1SCCC. The van der Waals surface area contributed by atoms with Gasteiger partial charge in [0.05, 0.1) is 0 Å². The minimum absolute atomic E-state index is 0.979. The smallest absolute Gasteiger partial charge is 0.0107 e. The van der Waals surface area contributed by atoms with E-state index in [9.17, 15) is 0 Å². The predicted octanol–water partition coefficient (Wildman–Crippen LogP) is 3.92. The maximum absolute atomic E-state index is 3.77. The molecule has 0 heterocycles. The Morgan fingerprint density at radius 1 is 1.38 bits per heavy atom. The van der Waals surface area contributed by atoms with Gasteiger partial charge in [0.25, 0.3) is 0 Å². The zero-order chi connectivity index (χ0) is 9.52. The lowest BCUT2D eigenvalue weighted by atomic mass is 10.1. The van der Waals surface area contributed by atoms with Gasteiger partial charge in [-0.2, -0.15) is 0 Å². The molecule has 0 saturated heterocycles. The molecule has 0 saturated carbocycles. The van der Waals surface area contributed by atoms with Crippen LogP contribution in [0.4, 0.5) is 0 Å². The third-order valence-corrected chi connectivity index (χ3v) is 3.12. The van der Waals surface area contributed by atoms with E-state index in [4.69, 9.17) is 0 Å². The van der Waals surface area contributed by atoms with Crippen molar-refractivity contribution in [3.05, 3.63) is 42.5 Å². The summed E-state index contributed by atoms with van der Waals surface area (Å²) in [5.41, 5.74) is 1.40. The highest BCUT2D eigenvalue weighted by molar-refractivity contribution is 7.99. The van der Waals surface area contributed by atoms with Crippen molar-refractivity contribution in [2.75, 3.05) is 5.75 Å². The highest BCUT2D eigenvalue weighted by atomic mass is 32.2. The lowest BCUT2D eigenvalue weighted by molar-refractivity contribution is 1.10. The lowest BCUT2D eigenvalue weighted by Crippen LogP contribution is -1.85. The van der Waals surface area contributed by atoms with E-state index in [2.05, 4.69) is 37.8 Å². The fourth-order valence-electron chi connectivity index (χ4n) is 1.18. The molecule has 13 heavy (non-hydrogen) atoms. The van der Waals surface area contributed by atoms with Crippen LogP contribution in [0.25, 0.3) is 0 Å². The second-order valence-corrected chi connectivity index (χ2v) is 4.09. The van der Waals surface area contributed by atoms with E-state index in [1.807, 2.05) is 17.8 Å². The summed E-state index contributed by atoms with van der Waals surface area (Å²) < 4.78 is 0. The Morgan fingerprint density at radius 2 is 2.15 bits per heavy atom. The summed E-state index contributed by atoms with van der Waals surface area (Å²) in [6.07, 6.45) is 4.17. The maximum Gasteiger partial charge on any atom is 0.0107 e. The molecule has 0 unspecified atom stereocenters. The van der Waals surface area contributed by atoms with Crippen LogP contribution in [0.1, 0.15) is 18.9 Å². The lowest BCUT2D eigenvalue weighted by Gasteiger charge is -2.05. The number of rotatable bonds is 5. The van der Waals surface area contributed by atoms with Gasteiger partial charge in [0.1, 0.15) is 0 Å². The molecule has 0 aliphatic carbocycles. The first kappa shape index (κ1) is 10.4. The number of benzene rings is 1. The van der Waals surface area contributed by atoms with Crippen LogP contribution in [0, 0.1) is 0 Å². The van der Waals surface area contributed by atoms with Crippen molar-refractivity contribution in [1.29, 1.82) is 0 Å². The van der Waals surface area contributed by atoms with Crippen molar-refractivity contribution in [2.24, 2.45) is 0 Å². The molecule has 1 rings (SSSR count). The molecule has 0 bridgehead atoms. The van der Waals surface area contributed by atoms with Gasteiger partial charge in [-0.3, -0.25) is 0 Å². The van der Waals surface area contributed by atoms with E-state index in [1.54, 1.807) is 0 Å². The quantitative estimate of drug-likeness (QED) is 0.503. The van der Waals surface area contributed by atoms with Gasteiger partial charge in [0, 0.05) is 4.90 Å². The molecule has 0 aliphatic heterocycles. The molecule has 1 heteroatoms. The Kier molecular flexibility index (Phi) is 4.69. The Bertz CT molecular complexity index is 266. The van der Waals surface area contributed by atoms with Gasteiger partial charge < -0.3 is 0 Å². The molecule has 1 aromatic rings. The van der Waals surface area contributed by atoms with Crippen LogP contribution in [-0.2, 0) is 6.42 Å². The van der Waals surface area contributed by atoms with Gasteiger partial charge in [-0.25, -0.2) is 0 Å². The molecule has 0 aromatic heterocycles. The van der Waals surface area contributed by atoms with Gasteiger partial charge in [0.15, 0.2) is 0 Å². The minimum atomic E-state index is 0.979. The number of thioether (sulfide) groups is 1. The Labute approximate surface area is 85.1 Å². The van der Waals surface area contributed by atoms with Gasteiger partial charge in [-0.05, 0) is 30.2 Å². The molecule has 0 fully saturated rings. The molecule has 0 aliphatic rings. The summed E-state index contributed by atoms with van der Waals surface area (Å²) in [5.74, 6) is 1.20. The first-order valence-electron chi connectivity index (χ1n) is 4.70. The van der Waals surface area contributed by atoms with Crippen LogP contribution in [0.2, 0.25) is 0 Å². The van der Waals surface area contributed by atoms with Crippen LogP contribution in [-0.4, -0.2) is 5.75 Å². The molecule has 0 spiro atoms. The average Bonchev–Trinajstić information content (AvgIpc) is 2.17. The normalized spacial score (nSPS) is 9.92. The first-order chi connectivity index (χ1) is 6.38. The summed E-state index contributed by atoms with van der Waals surface area (Å²) in [6, 6.07) is 8.57. The summed E-state index contributed by atoms with van der Waals surface area (Å²) in [4.78, 5) is 1.41. The van der Waals surface area contributed by atoms with E-state index in [0.29, 0.717) is 0 Å². The van der Waals surface area contributed by atoms with Crippen LogP contribution in [0.15, 0.2) is 41.8 Å². The van der Waals surface area contributed by atoms with Crippen molar-refractivity contribution in [1.82, 2.24) is 0 Å². The van der Waals surface area contributed by atoms with Crippen molar-refractivity contribution >= 4 is 11.8 Å². The molecule has 0 atom stereocenters. The fourth-order valence-corrected chi connectivity index (χ4v) is 2.12. The number of hydrogen-bond acceptors (Lipinski definition) is 1. The van der Waals surface area contributed by atoms with Crippen molar-refractivity contribution in [3.8, 4) is 0 Å². The Hall–Kier alpha value is -0.690. The molecule has 0 N–H and O–H groups in total. The highest BCUT2D eigenvalue weighted by Gasteiger charge is 1.98. The molecular weight excluding hydrogens is 176 g/mol. The third kappa shape index (κ3) is 3.27. The van der Waals surface area contributed by atoms with Crippen LogP contribution in [0.3, 0.4) is 0 Å². The van der Waals surface area contributed by atoms with Crippen LogP contribution < -0.4 is 0 Å². The Morgan fingerprint density at radius 3 is 2.85 bits per heavy atom. The maximum atomic E-state index is 3.77. The summed E-state index contributed by atoms with van der Waals surface area (Å²) >= 11 is 1.94. The van der Waals surface area contributed by atoms with Crippen molar-refractivity contribution in [2.45, 2.75) is 24.7 Å². The third-order valence-electron chi connectivity index (χ3n) is 1.80. The second-order valence-electron chi connectivity index (χ2n) is 2.95. The molecule has 0 amide bonds. The van der Waals surface area contributed by atoms with E-state index in [0.717, 1.165) is 6.42 Å². The molecule has 70 valence electrons. The summed E-state index contributed by atoms with van der Waals surface area (Å²) in [6.45, 7) is 5.98. The van der Waals surface area contributed by atoms with Crippen molar-refractivity contribution < 1.29 is 0 Å². The van der Waals surface area contributed by atoms with E-state index >= 15 is 0 Å². The standard InChI is InChI=1S/C12H16S/c1-3-7-11-8-5-6-9-12(11)13-10-4-2/h3,5-6,8-9H,1,4,7,10H2,2H3. The average molecular weight is 192 g/mol. The Balaban J connectivity index is 2.71. The van der Waals surface area contributed by atoms with E-state index in [1.165, 1.54) is 22.6 Å². The monoisotopic (exact) mass is 192 g/mol.